The molecular formula is C22H22N6O. The van der Waals surface area contributed by atoms with Crippen molar-refractivity contribution in [1.82, 2.24) is 19.9 Å². The van der Waals surface area contributed by atoms with E-state index in [2.05, 4.69) is 38.2 Å². The summed E-state index contributed by atoms with van der Waals surface area (Å²) in [7, 11) is 0. The number of ether oxygens (including phenoxy) is 1. The van der Waals surface area contributed by atoms with Crippen LogP contribution in [0.3, 0.4) is 0 Å². The molecule has 0 amide bonds. The number of anilines is 3. The van der Waals surface area contributed by atoms with Gasteiger partial charge in [0.2, 0.25) is 11.9 Å². The lowest BCUT2D eigenvalue weighted by Crippen LogP contribution is -2.10. The first-order valence-corrected chi connectivity index (χ1v) is 9.47. The average molecular weight is 386 g/mol. The van der Waals surface area contributed by atoms with E-state index < -0.39 is 0 Å². The van der Waals surface area contributed by atoms with Crippen LogP contribution in [0.5, 0.6) is 5.75 Å². The Morgan fingerprint density at radius 1 is 0.931 bits per heavy atom. The first-order chi connectivity index (χ1) is 14.1. The van der Waals surface area contributed by atoms with Crippen molar-refractivity contribution in [3.05, 3.63) is 71.7 Å². The van der Waals surface area contributed by atoms with Crippen molar-refractivity contribution in [3.63, 3.8) is 0 Å². The minimum absolute atomic E-state index is 0.141. The smallest absolute Gasteiger partial charge is 0.232 e. The minimum Gasteiger partial charge on any atom is -0.483 e. The van der Waals surface area contributed by atoms with Crippen molar-refractivity contribution < 1.29 is 4.74 Å². The first kappa shape index (κ1) is 18.6. The zero-order chi connectivity index (χ0) is 20.2. The van der Waals surface area contributed by atoms with Crippen LogP contribution in [0.2, 0.25) is 0 Å². The van der Waals surface area contributed by atoms with Crippen LogP contribution >= 0.6 is 0 Å². The Bertz CT molecular complexity index is 1160. The van der Waals surface area contributed by atoms with Gasteiger partial charge >= 0.3 is 0 Å². The van der Waals surface area contributed by atoms with Gasteiger partial charge in [-0.25, -0.2) is 4.98 Å². The molecule has 146 valence electrons. The van der Waals surface area contributed by atoms with Crippen molar-refractivity contribution in [2.75, 3.05) is 11.1 Å². The molecule has 0 saturated carbocycles. The van der Waals surface area contributed by atoms with Crippen LogP contribution in [0.25, 0.3) is 10.9 Å². The van der Waals surface area contributed by atoms with E-state index in [1.54, 1.807) is 0 Å². The van der Waals surface area contributed by atoms with Gasteiger partial charge in [0.25, 0.3) is 0 Å². The molecule has 2 heterocycles. The summed E-state index contributed by atoms with van der Waals surface area (Å²) < 4.78 is 5.97. The summed E-state index contributed by atoms with van der Waals surface area (Å²) in [5.41, 5.74) is 9.75. The SMILES string of the molecule is CCc1ccccc1Nc1nc(N)nc(COc2cccc3ccc(C)nc23)n1. The van der Waals surface area contributed by atoms with E-state index in [9.17, 15) is 0 Å². The van der Waals surface area contributed by atoms with E-state index in [1.807, 2.05) is 55.5 Å². The lowest BCUT2D eigenvalue weighted by molar-refractivity contribution is 0.299. The molecule has 0 saturated heterocycles. The Kier molecular flexibility index (Phi) is 5.20. The molecule has 0 unspecified atom stereocenters. The summed E-state index contributed by atoms with van der Waals surface area (Å²) in [6.45, 7) is 4.21. The van der Waals surface area contributed by atoms with Crippen LogP contribution in [0, 0.1) is 6.92 Å². The van der Waals surface area contributed by atoms with Gasteiger partial charge in [-0.2, -0.15) is 15.0 Å². The summed E-state index contributed by atoms with van der Waals surface area (Å²) in [5.74, 6) is 1.65. The third kappa shape index (κ3) is 4.24. The van der Waals surface area contributed by atoms with Gasteiger partial charge in [0, 0.05) is 16.8 Å². The first-order valence-electron chi connectivity index (χ1n) is 9.47. The average Bonchev–Trinajstić information content (AvgIpc) is 2.72. The minimum atomic E-state index is 0.141. The van der Waals surface area contributed by atoms with E-state index in [0.717, 1.165) is 28.7 Å². The molecule has 0 aliphatic carbocycles. The Morgan fingerprint density at radius 2 is 1.79 bits per heavy atom. The molecule has 4 aromatic rings. The zero-order valence-electron chi connectivity index (χ0n) is 16.4. The van der Waals surface area contributed by atoms with Gasteiger partial charge in [0.1, 0.15) is 17.9 Å². The number of aromatic nitrogens is 4. The Hall–Kier alpha value is -3.74. The maximum absolute atomic E-state index is 5.97. The lowest BCUT2D eigenvalue weighted by Gasteiger charge is -2.12. The topological polar surface area (TPSA) is 98.8 Å². The molecule has 29 heavy (non-hydrogen) atoms. The highest BCUT2D eigenvalue weighted by atomic mass is 16.5. The normalized spacial score (nSPS) is 10.8. The van der Waals surface area contributed by atoms with Gasteiger partial charge < -0.3 is 15.8 Å². The highest BCUT2D eigenvalue weighted by Gasteiger charge is 2.09. The van der Waals surface area contributed by atoms with Crippen molar-refractivity contribution in [3.8, 4) is 5.75 Å². The number of nitrogens with one attached hydrogen (secondary N) is 1. The molecule has 2 aromatic carbocycles. The molecule has 0 aliphatic rings. The Balaban J connectivity index is 1.57. The van der Waals surface area contributed by atoms with Crippen molar-refractivity contribution >= 4 is 28.5 Å². The summed E-state index contributed by atoms with van der Waals surface area (Å²) in [6.07, 6.45) is 0.896. The van der Waals surface area contributed by atoms with Crippen molar-refractivity contribution in [1.29, 1.82) is 0 Å². The van der Waals surface area contributed by atoms with E-state index in [4.69, 9.17) is 10.5 Å². The van der Waals surface area contributed by atoms with Crippen molar-refractivity contribution in [2.24, 2.45) is 0 Å². The molecule has 0 aliphatic heterocycles. The van der Waals surface area contributed by atoms with Gasteiger partial charge in [-0.05, 0) is 37.1 Å². The molecule has 0 atom stereocenters. The maximum Gasteiger partial charge on any atom is 0.232 e. The van der Waals surface area contributed by atoms with Crippen LogP contribution in [0.15, 0.2) is 54.6 Å². The van der Waals surface area contributed by atoms with Crippen molar-refractivity contribution in [2.45, 2.75) is 26.9 Å². The maximum atomic E-state index is 5.97. The number of aryl methyl sites for hydroxylation is 2. The molecule has 2 aromatic heterocycles. The number of fused-ring (bicyclic) bond motifs is 1. The summed E-state index contributed by atoms with van der Waals surface area (Å²) >= 11 is 0. The number of benzene rings is 2. The van der Waals surface area contributed by atoms with Gasteiger partial charge in [0.15, 0.2) is 5.82 Å². The van der Waals surface area contributed by atoms with E-state index in [-0.39, 0.29) is 12.6 Å². The fourth-order valence-electron chi connectivity index (χ4n) is 3.11. The zero-order valence-corrected chi connectivity index (χ0v) is 16.4. The quantitative estimate of drug-likeness (QED) is 0.512. The number of pyridine rings is 1. The molecule has 4 rings (SSSR count). The highest BCUT2D eigenvalue weighted by Crippen LogP contribution is 2.25. The molecule has 0 fully saturated rings. The highest BCUT2D eigenvalue weighted by molar-refractivity contribution is 5.84. The van der Waals surface area contributed by atoms with Crippen LogP contribution < -0.4 is 15.8 Å². The standard InChI is InChI=1S/C22H22N6O/c1-3-15-7-4-5-9-17(15)25-22-27-19(26-21(23)28-22)13-29-18-10-6-8-16-12-11-14(2)24-20(16)18/h4-12H,3,13H2,1-2H3,(H3,23,25,26,27,28). The molecule has 7 heteroatoms. The molecule has 0 spiro atoms. The van der Waals surface area contributed by atoms with Gasteiger partial charge in [0.05, 0.1) is 0 Å². The second kappa shape index (κ2) is 8.10. The molecule has 0 radical (unpaired) electrons. The third-order valence-corrected chi connectivity index (χ3v) is 4.52. The number of nitrogens with two attached hydrogens (primary N) is 1. The van der Waals surface area contributed by atoms with Gasteiger partial charge in [-0.15, -0.1) is 0 Å². The number of para-hydroxylation sites is 2. The van der Waals surface area contributed by atoms with Gasteiger partial charge in [-0.3, -0.25) is 0 Å². The predicted octanol–water partition coefficient (Wildman–Crippen LogP) is 4.20. The lowest BCUT2D eigenvalue weighted by atomic mass is 10.1. The van der Waals surface area contributed by atoms with Gasteiger partial charge in [-0.1, -0.05) is 43.3 Å². The number of hydrogen-bond acceptors (Lipinski definition) is 7. The predicted molar refractivity (Wildman–Crippen MR) is 114 cm³/mol. The van der Waals surface area contributed by atoms with Crippen LogP contribution in [0.1, 0.15) is 24.0 Å². The molecule has 0 bridgehead atoms. The number of nitrogen functional groups attached to an aromatic ring is 1. The summed E-state index contributed by atoms with van der Waals surface area (Å²) in [6, 6.07) is 17.8. The van der Waals surface area contributed by atoms with E-state index >= 15 is 0 Å². The number of rotatable bonds is 6. The van der Waals surface area contributed by atoms with Crippen LogP contribution in [-0.2, 0) is 13.0 Å². The second-order valence-electron chi connectivity index (χ2n) is 6.64. The Labute approximate surface area is 169 Å². The summed E-state index contributed by atoms with van der Waals surface area (Å²) in [4.78, 5) is 17.4. The largest absolute Gasteiger partial charge is 0.483 e. The third-order valence-electron chi connectivity index (χ3n) is 4.52. The fourth-order valence-corrected chi connectivity index (χ4v) is 3.11. The number of nitrogens with zero attached hydrogens (tertiary/aromatic N) is 4. The number of hydrogen-bond donors (Lipinski definition) is 2. The van der Waals surface area contributed by atoms with Crippen LogP contribution in [0.4, 0.5) is 17.6 Å². The van der Waals surface area contributed by atoms with Crippen LogP contribution in [-0.4, -0.2) is 19.9 Å². The van der Waals surface area contributed by atoms with E-state index in [0.29, 0.717) is 17.5 Å². The molecular weight excluding hydrogens is 364 g/mol. The Morgan fingerprint density at radius 3 is 2.66 bits per heavy atom. The molecule has 7 nitrogen and oxygen atoms in total. The van der Waals surface area contributed by atoms with E-state index in [1.165, 1.54) is 5.56 Å². The summed E-state index contributed by atoms with van der Waals surface area (Å²) in [5, 5.41) is 4.25. The second-order valence-corrected chi connectivity index (χ2v) is 6.64. The fraction of sp³-hybridized carbons (Fsp3) is 0.182. The molecule has 3 N–H and O–H groups in total. The monoisotopic (exact) mass is 386 g/mol.